The highest BCUT2D eigenvalue weighted by molar-refractivity contribution is 5.81. The number of hydrogen-bond acceptors (Lipinski definition) is 4. The molecule has 3 rings (SSSR count). The van der Waals surface area contributed by atoms with Crippen LogP contribution in [-0.2, 0) is 24.7 Å². The molecule has 164 valence electrons. The lowest BCUT2D eigenvalue weighted by atomic mass is 9.91. The van der Waals surface area contributed by atoms with Crippen LogP contribution in [0.1, 0.15) is 29.5 Å². The fraction of sp³-hybridized carbons (Fsp3) is 0.348. The van der Waals surface area contributed by atoms with Gasteiger partial charge in [0.15, 0.2) is 5.78 Å². The zero-order chi connectivity index (χ0) is 22.4. The molecule has 0 bridgehead atoms. The first kappa shape index (κ1) is 22.7. The molecule has 0 aliphatic carbocycles. The lowest BCUT2D eigenvalue weighted by molar-refractivity contribution is -0.131. The van der Waals surface area contributed by atoms with Gasteiger partial charge in [0.05, 0.1) is 18.5 Å². The maximum atomic E-state index is 13.2. The first-order valence-electron chi connectivity index (χ1n) is 9.96. The van der Waals surface area contributed by atoms with Crippen LogP contribution in [0.2, 0.25) is 0 Å². The average molecular weight is 431 g/mol. The van der Waals surface area contributed by atoms with E-state index in [0.29, 0.717) is 5.56 Å². The summed E-state index contributed by atoms with van der Waals surface area (Å²) in [5, 5.41) is 14.7. The molecule has 0 radical (unpaired) electrons. The van der Waals surface area contributed by atoms with Crippen LogP contribution in [0, 0.1) is 5.92 Å². The summed E-state index contributed by atoms with van der Waals surface area (Å²) in [4.78, 5) is 15.7. The van der Waals surface area contributed by atoms with Gasteiger partial charge in [0.25, 0.3) is 6.43 Å². The number of halogens is 3. The molecule has 2 aromatic heterocycles. The number of rotatable bonds is 10. The summed E-state index contributed by atoms with van der Waals surface area (Å²) in [6.07, 6.45) is 0.00974. The van der Waals surface area contributed by atoms with Gasteiger partial charge in [0, 0.05) is 43.0 Å². The summed E-state index contributed by atoms with van der Waals surface area (Å²) >= 11 is 0. The Labute approximate surface area is 178 Å². The van der Waals surface area contributed by atoms with E-state index in [1.54, 1.807) is 35.1 Å². The SMILES string of the molecule is Cn1ccc(CCc2ccc(-c3ccc([C@@H](O)[C@@H](CF)CC(=O)C(F)F)cc3)cn2)n1. The Balaban J connectivity index is 1.63. The van der Waals surface area contributed by atoms with Gasteiger partial charge in [-0.25, -0.2) is 8.78 Å². The van der Waals surface area contributed by atoms with Crippen molar-refractivity contribution in [1.29, 1.82) is 0 Å². The zero-order valence-electron chi connectivity index (χ0n) is 17.1. The number of hydrogen-bond donors (Lipinski definition) is 1. The van der Waals surface area contributed by atoms with E-state index in [4.69, 9.17) is 0 Å². The van der Waals surface area contributed by atoms with E-state index >= 15 is 0 Å². The maximum absolute atomic E-state index is 13.2. The fourth-order valence-corrected chi connectivity index (χ4v) is 3.34. The predicted molar refractivity (Wildman–Crippen MR) is 110 cm³/mol. The second-order valence-corrected chi connectivity index (χ2v) is 7.47. The molecule has 2 atom stereocenters. The van der Waals surface area contributed by atoms with Crippen molar-refractivity contribution in [2.45, 2.75) is 31.8 Å². The van der Waals surface area contributed by atoms with Crippen molar-refractivity contribution in [3.8, 4) is 11.1 Å². The van der Waals surface area contributed by atoms with E-state index < -0.39 is 37.3 Å². The van der Waals surface area contributed by atoms with Crippen molar-refractivity contribution in [3.05, 3.63) is 71.8 Å². The smallest absolute Gasteiger partial charge is 0.295 e. The summed E-state index contributed by atoms with van der Waals surface area (Å²) in [5.41, 5.74) is 4.03. The Morgan fingerprint density at radius 3 is 2.26 bits per heavy atom. The lowest BCUT2D eigenvalue weighted by Gasteiger charge is -2.20. The molecule has 0 saturated heterocycles. The van der Waals surface area contributed by atoms with Crippen molar-refractivity contribution < 1.29 is 23.1 Å². The molecule has 0 unspecified atom stereocenters. The number of aromatic nitrogens is 3. The minimum atomic E-state index is -3.16. The summed E-state index contributed by atoms with van der Waals surface area (Å²) in [7, 11) is 1.88. The normalized spacial score (nSPS) is 13.4. The van der Waals surface area contributed by atoms with Crippen molar-refractivity contribution in [1.82, 2.24) is 14.8 Å². The van der Waals surface area contributed by atoms with Crippen LogP contribution in [0.4, 0.5) is 13.2 Å². The van der Waals surface area contributed by atoms with Crippen LogP contribution >= 0.6 is 0 Å². The highest BCUT2D eigenvalue weighted by Gasteiger charge is 2.27. The molecule has 1 N–H and O–H groups in total. The Morgan fingerprint density at radius 1 is 1.03 bits per heavy atom. The number of aryl methyl sites for hydroxylation is 3. The first-order chi connectivity index (χ1) is 14.9. The third kappa shape index (κ3) is 6.01. The quantitative estimate of drug-likeness (QED) is 0.525. The number of Topliss-reactive ketones (excluding diaryl/α,β-unsaturated/α-hetero) is 1. The van der Waals surface area contributed by atoms with Crippen LogP contribution in [0.15, 0.2) is 54.9 Å². The number of pyridine rings is 1. The van der Waals surface area contributed by atoms with E-state index in [-0.39, 0.29) is 0 Å². The van der Waals surface area contributed by atoms with Gasteiger partial charge in [-0.1, -0.05) is 30.3 Å². The number of nitrogens with zero attached hydrogens (tertiary/aromatic N) is 3. The van der Waals surface area contributed by atoms with Gasteiger partial charge in [-0.2, -0.15) is 5.10 Å². The monoisotopic (exact) mass is 431 g/mol. The molecule has 3 aromatic rings. The number of aliphatic hydroxyl groups excluding tert-OH is 1. The van der Waals surface area contributed by atoms with Gasteiger partial charge in [0.1, 0.15) is 0 Å². The van der Waals surface area contributed by atoms with Crippen molar-refractivity contribution >= 4 is 5.78 Å². The highest BCUT2D eigenvalue weighted by Crippen LogP contribution is 2.28. The van der Waals surface area contributed by atoms with Gasteiger partial charge < -0.3 is 5.11 Å². The predicted octanol–water partition coefficient (Wildman–Crippen LogP) is 4.11. The second kappa shape index (κ2) is 10.3. The molecule has 0 fully saturated rings. The minimum absolute atomic E-state index is 0.369. The van der Waals surface area contributed by atoms with Crippen LogP contribution in [0.5, 0.6) is 0 Å². The number of alkyl halides is 3. The number of benzene rings is 1. The number of carbonyl (C=O) groups is 1. The minimum Gasteiger partial charge on any atom is -0.388 e. The van der Waals surface area contributed by atoms with Gasteiger partial charge in [0.2, 0.25) is 0 Å². The highest BCUT2D eigenvalue weighted by atomic mass is 19.3. The van der Waals surface area contributed by atoms with Crippen molar-refractivity contribution in [2.75, 3.05) is 6.67 Å². The standard InChI is InChI=1S/C23H24F3N3O2/c1-29-11-10-20(28-29)9-8-19-7-6-17(14-27-19)15-2-4-16(5-3-15)22(31)18(13-24)12-21(30)23(25)26/h2-7,10-11,14,18,22-23,31H,8-9,12-13H2,1H3/t18-,22-/m1/s1. The molecule has 2 heterocycles. The summed E-state index contributed by atoms with van der Waals surface area (Å²) in [6.45, 7) is -1.06. The molecule has 0 aliphatic heterocycles. The van der Waals surface area contributed by atoms with Crippen molar-refractivity contribution in [3.63, 3.8) is 0 Å². The zero-order valence-corrected chi connectivity index (χ0v) is 17.1. The van der Waals surface area contributed by atoms with Crippen LogP contribution in [-0.4, -0.2) is 38.8 Å². The van der Waals surface area contributed by atoms with Crippen LogP contribution < -0.4 is 0 Å². The molecule has 5 nitrogen and oxygen atoms in total. The van der Waals surface area contributed by atoms with E-state index in [9.17, 15) is 23.1 Å². The molecular formula is C23H24F3N3O2. The van der Waals surface area contributed by atoms with Gasteiger partial charge in [-0.15, -0.1) is 0 Å². The molecule has 0 aliphatic rings. The average Bonchev–Trinajstić information content (AvgIpc) is 3.21. The van der Waals surface area contributed by atoms with Gasteiger partial charge in [-0.3, -0.25) is 18.9 Å². The van der Waals surface area contributed by atoms with E-state index in [1.807, 2.05) is 31.4 Å². The lowest BCUT2D eigenvalue weighted by Crippen LogP contribution is -2.22. The first-order valence-corrected chi connectivity index (χ1v) is 9.96. The van der Waals surface area contributed by atoms with Crippen LogP contribution in [0.25, 0.3) is 11.1 Å². The molecule has 8 heteroatoms. The van der Waals surface area contributed by atoms with E-state index in [0.717, 1.165) is 35.4 Å². The third-order valence-electron chi connectivity index (χ3n) is 5.17. The summed E-state index contributed by atoms with van der Waals surface area (Å²) < 4.78 is 39.8. The van der Waals surface area contributed by atoms with E-state index in [2.05, 4.69) is 10.1 Å². The molecule has 0 spiro atoms. The summed E-state index contributed by atoms with van der Waals surface area (Å²) in [6, 6.07) is 12.5. The Morgan fingerprint density at radius 2 is 1.71 bits per heavy atom. The Hall–Kier alpha value is -3.00. The topological polar surface area (TPSA) is 68.0 Å². The number of ketones is 1. The van der Waals surface area contributed by atoms with Crippen LogP contribution in [0.3, 0.4) is 0 Å². The Bertz CT molecular complexity index is 988. The number of aliphatic hydroxyl groups is 1. The van der Waals surface area contributed by atoms with Crippen molar-refractivity contribution in [2.24, 2.45) is 13.0 Å². The second-order valence-electron chi connectivity index (χ2n) is 7.47. The molecule has 1 aromatic carbocycles. The Kier molecular flexibility index (Phi) is 7.57. The molecule has 0 saturated carbocycles. The largest absolute Gasteiger partial charge is 0.388 e. The third-order valence-corrected chi connectivity index (χ3v) is 5.17. The molecular weight excluding hydrogens is 407 g/mol. The van der Waals surface area contributed by atoms with Gasteiger partial charge >= 0.3 is 0 Å². The maximum Gasteiger partial charge on any atom is 0.295 e. The number of carbonyl (C=O) groups excluding carboxylic acids is 1. The van der Waals surface area contributed by atoms with Gasteiger partial charge in [-0.05, 0) is 36.1 Å². The molecule has 31 heavy (non-hydrogen) atoms. The molecule has 0 amide bonds. The summed E-state index contributed by atoms with van der Waals surface area (Å²) in [5.74, 6) is -2.57. The van der Waals surface area contributed by atoms with E-state index in [1.165, 1.54) is 0 Å². The fourth-order valence-electron chi connectivity index (χ4n) is 3.34.